The highest BCUT2D eigenvalue weighted by atomic mass is 16.4. The Hall–Kier alpha value is -2.31. The zero-order chi connectivity index (χ0) is 15.9. The van der Waals surface area contributed by atoms with Crippen molar-refractivity contribution >= 4 is 17.1 Å². The van der Waals surface area contributed by atoms with Crippen LogP contribution in [0.15, 0.2) is 21.7 Å². The van der Waals surface area contributed by atoms with Crippen molar-refractivity contribution in [2.24, 2.45) is 11.8 Å². The molecule has 1 saturated carbocycles. The molecule has 3 unspecified atom stereocenters. The Morgan fingerprint density at radius 1 is 1.27 bits per heavy atom. The first kappa shape index (κ1) is 14.6. The number of imidazole rings is 1. The van der Waals surface area contributed by atoms with E-state index in [4.69, 9.17) is 0 Å². The molecule has 0 amide bonds. The predicted octanol–water partition coefficient (Wildman–Crippen LogP) is 1.47. The summed E-state index contributed by atoms with van der Waals surface area (Å²) in [6, 6.07) is 2.63. The number of aliphatic carboxylic acids is 1. The van der Waals surface area contributed by atoms with Crippen LogP contribution in [0.1, 0.15) is 38.6 Å². The third-order valence-electron chi connectivity index (χ3n) is 4.76. The molecule has 0 spiro atoms. The molecule has 3 atom stereocenters. The average Bonchev–Trinajstić information content (AvgIpc) is 2.81. The molecular formula is C15H19N3O4. The maximum atomic E-state index is 12.2. The van der Waals surface area contributed by atoms with Crippen LogP contribution >= 0.6 is 0 Å². The molecule has 1 aliphatic carbocycles. The molecular weight excluding hydrogens is 286 g/mol. The lowest BCUT2D eigenvalue weighted by Gasteiger charge is -2.33. The molecule has 7 heteroatoms. The van der Waals surface area contributed by atoms with Gasteiger partial charge < -0.3 is 15.1 Å². The molecule has 2 aromatic rings. The van der Waals surface area contributed by atoms with Gasteiger partial charge in [0.25, 0.3) is 0 Å². The van der Waals surface area contributed by atoms with Gasteiger partial charge in [0, 0.05) is 12.1 Å². The zero-order valence-electron chi connectivity index (χ0n) is 12.3. The van der Waals surface area contributed by atoms with Crippen molar-refractivity contribution in [3.05, 3.63) is 33.0 Å². The summed E-state index contributed by atoms with van der Waals surface area (Å²) in [6.07, 6.45) is 3.28. The number of rotatable bonds is 3. The van der Waals surface area contributed by atoms with Gasteiger partial charge in [0.2, 0.25) is 5.56 Å². The number of fused-ring (bicyclic) bond motifs is 1. The van der Waals surface area contributed by atoms with E-state index in [-0.39, 0.29) is 23.2 Å². The lowest BCUT2D eigenvalue weighted by Crippen LogP contribution is -2.35. The summed E-state index contributed by atoms with van der Waals surface area (Å²) in [5, 5.41) is 9.43. The van der Waals surface area contributed by atoms with Gasteiger partial charge >= 0.3 is 11.7 Å². The van der Waals surface area contributed by atoms with Crippen LogP contribution in [0, 0.1) is 11.8 Å². The SMILES string of the molecule is CC(C1CCCCC1C(=O)O)n1c(=O)[nH]c2ccc(=O)[nH]c21. The van der Waals surface area contributed by atoms with Crippen LogP contribution in [0.2, 0.25) is 0 Å². The van der Waals surface area contributed by atoms with Crippen LogP contribution in [-0.4, -0.2) is 25.6 Å². The van der Waals surface area contributed by atoms with E-state index in [2.05, 4.69) is 9.97 Å². The van der Waals surface area contributed by atoms with Crippen LogP contribution in [0.4, 0.5) is 0 Å². The summed E-state index contributed by atoms with van der Waals surface area (Å²) in [6.45, 7) is 1.85. The number of aromatic amines is 2. The molecule has 118 valence electrons. The topological polar surface area (TPSA) is 108 Å². The minimum atomic E-state index is -0.807. The summed E-state index contributed by atoms with van der Waals surface area (Å²) in [5.74, 6) is -1.37. The molecule has 0 saturated heterocycles. The maximum Gasteiger partial charge on any atom is 0.327 e. The lowest BCUT2D eigenvalue weighted by atomic mass is 9.75. The van der Waals surface area contributed by atoms with E-state index in [1.807, 2.05) is 6.92 Å². The number of hydrogen-bond donors (Lipinski definition) is 3. The third kappa shape index (κ3) is 2.36. The summed E-state index contributed by atoms with van der Waals surface area (Å²) in [7, 11) is 0. The van der Waals surface area contributed by atoms with Crippen molar-refractivity contribution in [3.63, 3.8) is 0 Å². The molecule has 1 fully saturated rings. The molecule has 2 heterocycles. The molecule has 2 aromatic heterocycles. The highest BCUT2D eigenvalue weighted by molar-refractivity contribution is 5.71. The van der Waals surface area contributed by atoms with Crippen molar-refractivity contribution in [3.8, 4) is 0 Å². The fourth-order valence-electron chi connectivity index (χ4n) is 3.66. The smallest absolute Gasteiger partial charge is 0.327 e. The maximum absolute atomic E-state index is 12.2. The number of hydrogen-bond acceptors (Lipinski definition) is 3. The van der Waals surface area contributed by atoms with Crippen LogP contribution in [0.25, 0.3) is 11.2 Å². The summed E-state index contributed by atoms with van der Waals surface area (Å²) >= 11 is 0. The van der Waals surface area contributed by atoms with Gasteiger partial charge in [-0.25, -0.2) is 4.79 Å². The van der Waals surface area contributed by atoms with E-state index in [0.717, 1.165) is 19.3 Å². The Bertz CT molecular complexity index is 816. The van der Waals surface area contributed by atoms with Crippen molar-refractivity contribution in [2.45, 2.75) is 38.6 Å². The Kier molecular flexibility index (Phi) is 3.64. The number of carbonyl (C=O) groups is 1. The van der Waals surface area contributed by atoms with Crippen molar-refractivity contribution in [1.82, 2.24) is 14.5 Å². The highest BCUT2D eigenvalue weighted by Crippen LogP contribution is 2.37. The monoisotopic (exact) mass is 305 g/mol. The molecule has 1 aliphatic rings. The van der Waals surface area contributed by atoms with E-state index in [0.29, 0.717) is 17.6 Å². The van der Waals surface area contributed by atoms with E-state index in [1.54, 1.807) is 6.07 Å². The molecule has 0 radical (unpaired) electrons. The van der Waals surface area contributed by atoms with Crippen LogP contribution in [0.3, 0.4) is 0 Å². The minimum absolute atomic E-state index is 0.119. The predicted molar refractivity (Wildman–Crippen MR) is 81.0 cm³/mol. The Balaban J connectivity index is 2.08. The average molecular weight is 305 g/mol. The Labute approximate surface area is 126 Å². The molecule has 22 heavy (non-hydrogen) atoms. The molecule has 0 bridgehead atoms. The molecule has 3 N–H and O–H groups in total. The lowest BCUT2D eigenvalue weighted by molar-refractivity contribution is -0.145. The number of carboxylic acid groups (broad SMARTS) is 1. The molecule has 0 aliphatic heterocycles. The second-order valence-electron chi connectivity index (χ2n) is 6.02. The summed E-state index contributed by atoms with van der Waals surface area (Å²) in [5.41, 5.74) is 0.379. The Morgan fingerprint density at radius 3 is 2.73 bits per heavy atom. The number of H-pyrrole nitrogens is 2. The van der Waals surface area contributed by atoms with Crippen LogP contribution in [0.5, 0.6) is 0 Å². The normalized spacial score (nSPS) is 23.5. The molecule has 0 aromatic carbocycles. The fraction of sp³-hybridized carbons (Fsp3) is 0.533. The van der Waals surface area contributed by atoms with Gasteiger partial charge in [0.05, 0.1) is 11.4 Å². The van der Waals surface area contributed by atoms with E-state index >= 15 is 0 Å². The molecule has 7 nitrogen and oxygen atoms in total. The fourth-order valence-corrected chi connectivity index (χ4v) is 3.66. The summed E-state index contributed by atoms with van der Waals surface area (Å²) in [4.78, 5) is 40.7. The standard InChI is InChI=1S/C15H19N3O4/c1-8(9-4-2-3-5-10(9)14(20)21)18-13-11(16-15(18)22)6-7-12(19)17-13/h6-10H,2-5H2,1H3,(H,16,22)(H,17,19)(H,20,21). The number of carboxylic acids is 1. The number of nitrogens with zero attached hydrogens (tertiary/aromatic N) is 1. The van der Waals surface area contributed by atoms with Gasteiger partial charge in [-0.05, 0) is 31.7 Å². The van der Waals surface area contributed by atoms with Gasteiger partial charge in [-0.3, -0.25) is 14.2 Å². The first-order valence-electron chi connectivity index (χ1n) is 7.55. The van der Waals surface area contributed by atoms with Gasteiger partial charge in [-0.15, -0.1) is 0 Å². The van der Waals surface area contributed by atoms with Crippen LogP contribution in [-0.2, 0) is 4.79 Å². The first-order chi connectivity index (χ1) is 10.5. The minimum Gasteiger partial charge on any atom is -0.481 e. The van der Waals surface area contributed by atoms with Crippen LogP contribution < -0.4 is 11.2 Å². The van der Waals surface area contributed by atoms with Crippen molar-refractivity contribution < 1.29 is 9.90 Å². The summed E-state index contributed by atoms with van der Waals surface area (Å²) < 4.78 is 1.49. The molecule has 3 rings (SSSR count). The largest absolute Gasteiger partial charge is 0.481 e. The van der Waals surface area contributed by atoms with E-state index < -0.39 is 11.9 Å². The third-order valence-corrected chi connectivity index (χ3v) is 4.76. The van der Waals surface area contributed by atoms with E-state index in [1.165, 1.54) is 10.6 Å². The van der Waals surface area contributed by atoms with Gasteiger partial charge in [-0.2, -0.15) is 0 Å². The van der Waals surface area contributed by atoms with E-state index in [9.17, 15) is 19.5 Å². The Morgan fingerprint density at radius 2 is 2.00 bits per heavy atom. The van der Waals surface area contributed by atoms with Crippen molar-refractivity contribution in [2.75, 3.05) is 0 Å². The highest BCUT2D eigenvalue weighted by Gasteiger charge is 2.36. The van der Waals surface area contributed by atoms with Gasteiger partial charge in [-0.1, -0.05) is 12.8 Å². The van der Waals surface area contributed by atoms with Gasteiger partial charge in [0.15, 0.2) is 0 Å². The second kappa shape index (κ2) is 5.47. The number of pyridine rings is 1. The van der Waals surface area contributed by atoms with Crippen molar-refractivity contribution in [1.29, 1.82) is 0 Å². The zero-order valence-corrected chi connectivity index (χ0v) is 12.3. The second-order valence-corrected chi connectivity index (χ2v) is 6.02. The number of aromatic nitrogens is 3. The first-order valence-corrected chi connectivity index (χ1v) is 7.55. The van der Waals surface area contributed by atoms with Gasteiger partial charge in [0.1, 0.15) is 5.65 Å². The quantitative estimate of drug-likeness (QED) is 0.798. The number of nitrogens with one attached hydrogen (secondary N) is 2.